The van der Waals surface area contributed by atoms with Crippen LogP contribution in [0.3, 0.4) is 0 Å². The summed E-state index contributed by atoms with van der Waals surface area (Å²) in [6.45, 7) is 3.42. The Hall–Kier alpha value is -0.550. The quantitative estimate of drug-likeness (QED) is 0.611. The lowest BCUT2D eigenvalue weighted by Crippen LogP contribution is -2.34. The van der Waals surface area contributed by atoms with Gasteiger partial charge in [-0.1, -0.05) is 31.5 Å². The number of nitrogens with one attached hydrogen (secondary N) is 2. The number of nitrogens with zero attached hydrogens (tertiary/aromatic N) is 2. The topological polar surface area (TPSA) is 53.6 Å². The Morgan fingerprint density at radius 1 is 1.56 bits per heavy atom. The van der Waals surface area contributed by atoms with Gasteiger partial charge in [-0.3, -0.25) is 5.10 Å². The van der Waals surface area contributed by atoms with E-state index in [1.54, 1.807) is 18.1 Å². The molecule has 1 heterocycles. The molecule has 1 aliphatic rings. The lowest BCUT2D eigenvalue weighted by Gasteiger charge is -2.27. The molecule has 1 aliphatic carbocycles. The van der Waals surface area contributed by atoms with Crippen LogP contribution in [-0.4, -0.2) is 33.5 Å². The molecule has 2 atom stereocenters. The number of hydrogen-bond donors (Lipinski definition) is 2. The van der Waals surface area contributed by atoms with E-state index >= 15 is 0 Å². The van der Waals surface area contributed by atoms with Gasteiger partial charge in [0, 0.05) is 18.3 Å². The molecule has 0 aromatic carbocycles. The molecule has 90 valence electrons. The van der Waals surface area contributed by atoms with Gasteiger partial charge >= 0.3 is 0 Å². The molecule has 5 heteroatoms. The zero-order valence-electron chi connectivity index (χ0n) is 9.78. The summed E-state index contributed by atoms with van der Waals surface area (Å²) in [4.78, 5) is 4.08. The first-order chi connectivity index (χ1) is 7.84. The SMILES string of the molecule is CC1CCCC(NCCSc2ncn[nH]2)C1. The van der Waals surface area contributed by atoms with Crippen LogP contribution in [0, 0.1) is 5.92 Å². The maximum Gasteiger partial charge on any atom is 0.183 e. The van der Waals surface area contributed by atoms with Crippen molar-refractivity contribution in [1.29, 1.82) is 0 Å². The fourth-order valence-corrected chi connectivity index (χ4v) is 2.95. The first-order valence-electron chi connectivity index (χ1n) is 6.06. The molecule has 0 bridgehead atoms. The summed E-state index contributed by atoms with van der Waals surface area (Å²) < 4.78 is 0. The smallest absolute Gasteiger partial charge is 0.183 e. The summed E-state index contributed by atoms with van der Waals surface area (Å²) in [5.74, 6) is 1.95. The summed E-state index contributed by atoms with van der Waals surface area (Å²) in [7, 11) is 0. The Bertz CT molecular complexity index is 288. The third-order valence-corrected chi connectivity index (χ3v) is 3.98. The average Bonchev–Trinajstić information content (AvgIpc) is 2.77. The number of hydrogen-bond acceptors (Lipinski definition) is 4. The van der Waals surface area contributed by atoms with Crippen LogP contribution in [-0.2, 0) is 0 Å². The van der Waals surface area contributed by atoms with Crippen LogP contribution in [0.25, 0.3) is 0 Å². The summed E-state index contributed by atoms with van der Waals surface area (Å²) >= 11 is 1.72. The molecule has 2 N–H and O–H groups in total. The molecular weight excluding hydrogens is 220 g/mol. The van der Waals surface area contributed by atoms with Crippen LogP contribution in [0.15, 0.2) is 11.5 Å². The first kappa shape index (κ1) is 11.9. The van der Waals surface area contributed by atoms with Gasteiger partial charge in [-0.15, -0.1) is 0 Å². The van der Waals surface area contributed by atoms with Crippen molar-refractivity contribution in [2.75, 3.05) is 12.3 Å². The minimum atomic E-state index is 0.735. The van der Waals surface area contributed by atoms with Crippen LogP contribution in [0.1, 0.15) is 32.6 Å². The Labute approximate surface area is 101 Å². The molecule has 1 aromatic rings. The molecule has 0 radical (unpaired) electrons. The highest BCUT2D eigenvalue weighted by Gasteiger charge is 2.17. The monoisotopic (exact) mass is 240 g/mol. The summed E-state index contributed by atoms with van der Waals surface area (Å²) in [6.07, 6.45) is 7.03. The number of H-pyrrole nitrogens is 1. The summed E-state index contributed by atoms with van der Waals surface area (Å²) in [5.41, 5.74) is 0. The zero-order chi connectivity index (χ0) is 11.2. The van der Waals surface area contributed by atoms with E-state index in [1.165, 1.54) is 25.7 Å². The van der Waals surface area contributed by atoms with E-state index < -0.39 is 0 Å². The second-order valence-electron chi connectivity index (χ2n) is 4.56. The molecule has 4 nitrogen and oxygen atoms in total. The van der Waals surface area contributed by atoms with E-state index in [0.29, 0.717) is 0 Å². The Kier molecular flexibility index (Phi) is 4.66. The van der Waals surface area contributed by atoms with Gasteiger partial charge in [0.15, 0.2) is 5.16 Å². The fourth-order valence-electron chi connectivity index (χ4n) is 2.29. The van der Waals surface area contributed by atoms with Gasteiger partial charge in [0.25, 0.3) is 0 Å². The van der Waals surface area contributed by atoms with Crippen LogP contribution in [0.2, 0.25) is 0 Å². The van der Waals surface area contributed by atoms with Gasteiger partial charge in [0.1, 0.15) is 6.33 Å². The molecule has 0 saturated heterocycles. The molecule has 0 aliphatic heterocycles. The van der Waals surface area contributed by atoms with Gasteiger partial charge < -0.3 is 5.32 Å². The predicted molar refractivity (Wildman–Crippen MR) is 66.5 cm³/mol. The third kappa shape index (κ3) is 3.79. The van der Waals surface area contributed by atoms with Crippen LogP contribution < -0.4 is 5.32 Å². The predicted octanol–water partition coefficient (Wildman–Crippen LogP) is 2.07. The molecule has 1 saturated carbocycles. The first-order valence-corrected chi connectivity index (χ1v) is 7.04. The second-order valence-corrected chi connectivity index (χ2v) is 5.65. The van der Waals surface area contributed by atoms with Gasteiger partial charge in [-0.05, 0) is 18.8 Å². The Morgan fingerprint density at radius 3 is 3.25 bits per heavy atom. The number of aromatic amines is 1. The van der Waals surface area contributed by atoms with Crippen LogP contribution in [0.4, 0.5) is 0 Å². The molecule has 0 amide bonds. The lowest BCUT2D eigenvalue weighted by atomic mass is 9.87. The Balaban J connectivity index is 1.57. The van der Waals surface area contributed by atoms with Gasteiger partial charge in [0.05, 0.1) is 0 Å². The van der Waals surface area contributed by atoms with Crippen molar-refractivity contribution in [3.05, 3.63) is 6.33 Å². The van der Waals surface area contributed by atoms with Crippen molar-refractivity contribution in [2.24, 2.45) is 5.92 Å². The van der Waals surface area contributed by atoms with E-state index in [0.717, 1.165) is 29.4 Å². The molecule has 2 rings (SSSR count). The molecule has 1 fully saturated rings. The zero-order valence-corrected chi connectivity index (χ0v) is 10.6. The van der Waals surface area contributed by atoms with Crippen molar-refractivity contribution >= 4 is 11.8 Å². The minimum absolute atomic E-state index is 0.735. The van der Waals surface area contributed by atoms with Gasteiger partial charge in [-0.2, -0.15) is 5.10 Å². The molecule has 1 aromatic heterocycles. The van der Waals surface area contributed by atoms with Crippen molar-refractivity contribution in [1.82, 2.24) is 20.5 Å². The largest absolute Gasteiger partial charge is 0.313 e. The highest BCUT2D eigenvalue weighted by atomic mass is 32.2. The minimum Gasteiger partial charge on any atom is -0.313 e. The van der Waals surface area contributed by atoms with Gasteiger partial charge in [0.2, 0.25) is 0 Å². The van der Waals surface area contributed by atoms with E-state index in [4.69, 9.17) is 0 Å². The van der Waals surface area contributed by atoms with Crippen molar-refractivity contribution < 1.29 is 0 Å². The highest BCUT2D eigenvalue weighted by molar-refractivity contribution is 7.99. The van der Waals surface area contributed by atoms with Crippen LogP contribution in [0.5, 0.6) is 0 Å². The summed E-state index contributed by atoms with van der Waals surface area (Å²) in [5, 5.41) is 11.2. The van der Waals surface area contributed by atoms with E-state index in [9.17, 15) is 0 Å². The second kappa shape index (κ2) is 6.25. The van der Waals surface area contributed by atoms with Crippen LogP contribution >= 0.6 is 11.8 Å². The third-order valence-electron chi connectivity index (χ3n) is 3.10. The number of aromatic nitrogens is 3. The molecule has 16 heavy (non-hydrogen) atoms. The van der Waals surface area contributed by atoms with Crippen molar-refractivity contribution in [2.45, 2.75) is 43.8 Å². The standard InChI is InChI=1S/C11H20N4S/c1-9-3-2-4-10(7-9)12-5-6-16-11-13-8-14-15-11/h8-10,12H,2-7H2,1H3,(H,13,14,15). The van der Waals surface area contributed by atoms with E-state index in [2.05, 4.69) is 27.4 Å². The number of thioether (sulfide) groups is 1. The van der Waals surface area contributed by atoms with E-state index in [1.807, 2.05) is 0 Å². The summed E-state index contributed by atoms with van der Waals surface area (Å²) in [6, 6.07) is 0.735. The van der Waals surface area contributed by atoms with Crippen molar-refractivity contribution in [3.63, 3.8) is 0 Å². The van der Waals surface area contributed by atoms with E-state index in [-0.39, 0.29) is 0 Å². The maximum absolute atomic E-state index is 4.08. The fraction of sp³-hybridized carbons (Fsp3) is 0.818. The van der Waals surface area contributed by atoms with Crippen molar-refractivity contribution in [3.8, 4) is 0 Å². The molecule has 0 spiro atoms. The maximum atomic E-state index is 4.08. The average molecular weight is 240 g/mol. The van der Waals surface area contributed by atoms with Gasteiger partial charge in [-0.25, -0.2) is 4.98 Å². The lowest BCUT2D eigenvalue weighted by molar-refractivity contribution is 0.306. The normalized spacial score (nSPS) is 25.8. The molecule has 2 unspecified atom stereocenters. The highest BCUT2D eigenvalue weighted by Crippen LogP contribution is 2.23. The Morgan fingerprint density at radius 2 is 2.50 bits per heavy atom. The number of rotatable bonds is 5. The molecular formula is C11H20N4S.